The van der Waals surface area contributed by atoms with Crippen LogP contribution in [0.4, 0.5) is 13.6 Å². The minimum atomic E-state index is -4.21. The summed E-state index contributed by atoms with van der Waals surface area (Å²) in [6.45, 7) is 2.46. The van der Waals surface area contributed by atoms with Crippen molar-refractivity contribution in [3.05, 3.63) is 0 Å². The minimum absolute atomic E-state index is 0.0680. The van der Waals surface area contributed by atoms with Gasteiger partial charge in [0.2, 0.25) is 0 Å². The van der Waals surface area contributed by atoms with Gasteiger partial charge in [-0.1, -0.05) is 0 Å². The number of carboxylic acids is 1. The van der Waals surface area contributed by atoms with E-state index in [2.05, 4.69) is 0 Å². The highest BCUT2D eigenvalue weighted by molar-refractivity contribution is 5.78. The number of nitrogens with zero attached hydrogens (tertiary/aromatic N) is 2. The molecule has 2 fully saturated rings. The van der Waals surface area contributed by atoms with E-state index in [4.69, 9.17) is 5.11 Å². The third-order valence-electron chi connectivity index (χ3n) is 4.76. The van der Waals surface area contributed by atoms with Crippen LogP contribution in [0, 0.1) is 0 Å². The van der Waals surface area contributed by atoms with Crippen molar-refractivity contribution in [2.75, 3.05) is 19.6 Å². The number of amides is 2. The van der Waals surface area contributed by atoms with Crippen LogP contribution in [0.5, 0.6) is 0 Å². The smallest absolute Gasteiger partial charge is 0.377 e. The van der Waals surface area contributed by atoms with Crippen molar-refractivity contribution in [1.82, 2.24) is 9.80 Å². The zero-order chi connectivity index (χ0) is 16.5. The number of carboxylic acid groups (broad SMARTS) is 1. The number of hydrogen-bond donors (Lipinski definition) is 2. The number of carbonyl (C=O) groups is 2. The minimum Gasteiger partial charge on any atom is -0.477 e. The van der Waals surface area contributed by atoms with Crippen LogP contribution >= 0.6 is 0 Å². The highest BCUT2D eigenvalue weighted by Gasteiger charge is 2.59. The Kier molecular flexibility index (Phi) is 4.60. The van der Waals surface area contributed by atoms with E-state index in [1.807, 2.05) is 6.92 Å². The summed E-state index contributed by atoms with van der Waals surface area (Å²) in [7, 11) is 0. The monoisotopic (exact) mass is 320 g/mol. The van der Waals surface area contributed by atoms with Gasteiger partial charge in [-0.15, -0.1) is 0 Å². The van der Waals surface area contributed by atoms with Gasteiger partial charge in [0.15, 0.2) is 0 Å². The van der Waals surface area contributed by atoms with Crippen LogP contribution < -0.4 is 0 Å². The molecule has 1 unspecified atom stereocenters. The zero-order valence-corrected chi connectivity index (χ0v) is 12.6. The van der Waals surface area contributed by atoms with Crippen LogP contribution in [0.3, 0.4) is 0 Å². The number of carbonyl (C=O) groups excluding carboxylic acids is 1. The second kappa shape index (κ2) is 5.98. The predicted molar refractivity (Wildman–Crippen MR) is 73.8 cm³/mol. The van der Waals surface area contributed by atoms with Crippen LogP contribution in [0.25, 0.3) is 0 Å². The Morgan fingerprint density at radius 1 is 1.18 bits per heavy atom. The van der Waals surface area contributed by atoms with E-state index in [1.54, 1.807) is 4.90 Å². The van der Waals surface area contributed by atoms with E-state index >= 15 is 0 Å². The Bertz CT molecular complexity index is 450. The molecule has 0 bridgehead atoms. The van der Waals surface area contributed by atoms with Gasteiger partial charge >= 0.3 is 17.9 Å². The number of halogens is 2. The van der Waals surface area contributed by atoms with E-state index in [1.165, 1.54) is 4.90 Å². The first-order valence-electron chi connectivity index (χ1n) is 7.58. The van der Waals surface area contributed by atoms with Gasteiger partial charge in [-0.2, -0.15) is 8.78 Å². The molecule has 2 rings (SSSR count). The number of hydrogen-bond acceptors (Lipinski definition) is 3. The summed E-state index contributed by atoms with van der Waals surface area (Å²) < 4.78 is 27.2. The van der Waals surface area contributed by atoms with Crippen LogP contribution in [0.15, 0.2) is 0 Å². The van der Waals surface area contributed by atoms with Crippen LogP contribution in [0.2, 0.25) is 0 Å². The van der Waals surface area contributed by atoms with Crippen molar-refractivity contribution in [2.24, 2.45) is 0 Å². The van der Waals surface area contributed by atoms with Crippen molar-refractivity contribution >= 4 is 12.0 Å². The van der Waals surface area contributed by atoms with E-state index < -0.39 is 30.3 Å². The molecule has 2 heterocycles. The molecular formula is C14H22F2N2O4. The number of piperidine rings is 2. The molecule has 0 spiro atoms. The highest BCUT2D eigenvalue weighted by Crippen LogP contribution is 2.38. The van der Waals surface area contributed by atoms with E-state index in [0.717, 1.165) is 19.3 Å². The SMILES string of the molecule is CC1CCCCN1C(=O)N1CCC(O)(C(F)(F)C(=O)O)CC1. The van der Waals surface area contributed by atoms with Gasteiger partial charge in [-0.25, -0.2) is 9.59 Å². The summed E-state index contributed by atoms with van der Waals surface area (Å²) in [5, 5.41) is 18.5. The molecule has 8 heteroatoms. The molecule has 6 nitrogen and oxygen atoms in total. The number of likely N-dealkylation sites (tertiary alicyclic amines) is 2. The average molecular weight is 320 g/mol. The second-order valence-electron chi connectivity index (χ2n) is 6.22. The molecule has 1 atom stereocenters. The molecule has 2 saturated heterocycles. The maximum Gasteiger partial charge on any atom is 0.377 e. The Balaban J connectivity index is 2.00. The molecule has 2 aliphatic heterocycles. The molecule has 0 radical (unpaired) electrons. The first kappa shape index (κ1) is 16.9. The zero-order valence-electron chi connectivity index (χ0n) is 12.6. The maximum absolute atomic E-state index is 13.6. The van der Waals surface area contributed by atoms with Crippen molar-refractivity contribution in [2.45, 2.75) is 56.6 Å². The van der Waals surface area contributed by atoms with Crippen LogP contribution in [0.1, 0.15) is 39.0 Å². The molecule has 0 aromatic carbocycles. The molecule has 2 amide bonds. The molecule has 2 aliphatic rings. The second-order valence-corrected chi connectivity index (χ2v) is 6.22. The van der Waals surface area contributed by atoms with Crippen molar-refractivity contribution < 1.29 is 28.6 Å². The Morgan fingerprint density at radius 3 is 2.27 bits per heavy atom. The molecule has 2 N–H and O–H groups in total. The lowest BCUT2D eigenvalue weighted by Crippen LogP contribution is -2.61. The molecule has 22 heavy (non-hydrogen) atoms. The number of aliphatic hydroxyl groups is 1. The Labute approximate surface area is 127 Å². The van der Waals surface area contributed by atoms with Crippen molar-refractivity contribution in [1.29, 1.82) is 0 Å². The van der Waals surface area contributed by atoms with E-state index in [9.17, 15) is 23.5 Å². The maximum atomic E-state index is 13.6. The summed E-state index contributed by atoms with van der Waals surface area (Å²) >= 11 is 0. The molecular weight excluding hydrogens is 298 g/mol. The summed E-state index contributed by atoms with van der Waals surface area (Å²) in [6.07, 6.45) is 2.02. The topological polar surface area (TPSA) is 81.1 Å². The van der Waals surface area contributed by atoms with Gasteiger partial charge < -0.3 is 20.0 Å². The number of aliphatic carboxylic acids is 1. The first-order chi connectivity index (χ1) is 10.2. The Hall–Kier alpha value is -1.44. The van der Waals surface area contributed by atoms with Crippen LogP contribution in [-0.4, -0.2) is 69.2 Å². The normalized spacial score (nSPS) is 25.9. The fourth-order valence-electron chi connectivity index (χ4n) is 3.14. The molecule has 0 saturated carbocycles. The molecule has 126 valence electrons. The quantitative estimate of drug-likeness (QED) is 0.808. The summed E-state index contributed by atoms with van der Waals surface area (Å²) in [6, 6.07) is -0.101. The molecule has 0 aromatic rings. The fourth-order valence-corrected chi connectivity index (χ4v) is 3.14. The van der Waals surface area contributed by atoms with Gasteiger partial charge in [0, 0.05) is 38.5 Å². The number of alkyl halides is 2. The summed E-state index contributed by atoms with van der Waals surface area (Å²) in [4.78, 5) is 26.2. The van der Waals surface area contributed by atoms with E-state index in [0.29, 0.717) is 6.54 Å². The van der Waals surface area contributed by atoms with Gasteiger partial charge in [0.1, 0.15) is 5.60 Å². The van der Waals surface area contributed by atoms with Crippen LogP contribution in [-0.2, 0) is 4.79 Å². The van der Waals surface area contributed by atoms with Crippen molar-refractivity contribution in [3.63, 3.8) is 0 Å². The third-order valence-corrected chi connectivity index (χ3v) is 4.76. The lowest BCUT2D eigenvalue weighted by atomic mass is 9.85. The van der Waals surface area contributed by atoms with Gasteiger partial charge in [0.25, 0.3) is 0 Å². The standard InChI is InChI=1S/C14H22F2N2O4/c1-10-4-2-3-7-18(10)12(21)17-8-5-13(22,6-9-17)14(15,16)11(19)20/h10,22H,2-9H2,1H3,(H,19,20). The largest absolute Gasteiger partial charge is 0.477 e. The van der Waals surface area contributed by atoms with Gasteiger partial charge in [-0.3, -0.25) is 0 Å². The van der Waals surface area contributed by atoms with Gasteiger partial charge in [0.05, 0.1) is 0 Å². The summed E-state index contributed by atoms with van der Waals surface area (Å²) in [5.74, 6) is -6.54. The first-order valence-corrected chi connectivity index (χ1v) is 7.58. The lowest BCUT2D eigenvalue weighted by Gasteiger charge is -2.43. The lowest BCUT2D eigenvalue weighted by molar-refractivity contribution is -0.217. The number of urea groups is 1. The van der Waals surface area contributed by atoms with E-state index in [-0.39, 0.29) is 25.2 Å². The van der Waals surface area contributed by atoms with Gasteiger partial charge in [-0.05, 0) is 26.2 Å². The number of rotatable bonds is 2. The summed E-state index contributed by atoms with van der Waals surface area (Å²) in [5.41, 5.74) is -2.59. The highest BCUT2D eigenvalue weighted by atomic mass is 19.3. The third kappa shape index (κ3) is 2.88. The Morgan fingerprint density at radius 2 is 1.77 bits per heavy atom. The fraction of sp³-hybridized carbons (Fsp3) is 0.857. The predicted octanol–water partition coefficient (Wildman–Crippen LogP) is 1.53. The average Bonchev–Trinajstić information content (AvgIpc) is 2.47. The molecule has 0 aliphatic carbocycles. The van der Waals surface area contributed by atoms with Crippen molar-refractivity contribution in [3.8, 4) is 0 Å². The molecule has 0 aromatic heterocycles.